The molecule has 0 bridgehead atoms. The molecule has 5 nitrogen and oxygen atoms in total. The zero-order chi connectivity index (χ0) is 11.5. The number of ether oxygens (including phenoxy) is 1. The molecule has 0 saturated carbocycles. The lowest BCUT2D eigenvalue weighted by molar-refractivity contribution is 0.0991. The molecule has 3 N–H and O–H groups in total. The zero-order valence-corrected chi connectivity index (χ0v) is 8.73. The van der Waals surface area contributed by atoms with Gasteiger partial charge in [0.2, 0.25) is 0 Å². The Morgan fingerprint density at radius 3 is 2.94 bits per heavy atom. The molecular weight excluding hydrogens is 206 g/mol. The maximum Gasteiger partial charge on any atom is 0.284 e. The summed E-state index contributed by atoms with van der Waals surface area (Å²) >= 11 is 0. The zero-order valence-electron chi connectivity index (χ0n) is 8.73. The van der Waals surface area contributed by atoms with Gasteiger partial charge in [0, 0.05) is 5.56 Å². The number of nitrogens with one attached hydrogen (secondary N) is 1. The van der Waals surface area contributed by atoms with Crippen LogP contribution in [0.4, 0.5) is 0 Å². The number of amides is 1. The number of primary amides is 1. The predicted molar refractivity (Wildman–Crippen MR) is 59.1 cm³/mol. The first kappa shape index (κ1) is 10.2. The molecule has 0 unspecified atom stereocenters. The van der Waals surface area contributed by atoms with Crippen molar-refractivity contribution >= 4 is 5.91 Å². The molecule has 0 saturated heterocycles. The van der Waals surface area contributed by atoms with Crippen molar-refractivity contribution in [2.24, 2.45) is 5.73 Å². The SMILES string of the molecule is COc1cccc(-c2cnc(C(N)=O)[nH]2)c1. The minimum absolute atomic E-state index is 0.151. The lowest BCUT2D eigenvalue weighted by Crippen LogP contribution is -2.12. The van der Waals surface area contributed by atoms with Crippen LogP contribution in [-0.2, 0) is 0 Å². The van der Waals surface area contributed by atoms with Crippen molar-refractivity contribution in [1.29, 1.82) is 0 Å². The summed E-state index contributed by atoms with van der Waals surface area (Å²) in [6, 6.07) is 7.44. The van der Waals surface area contributed by atoms with E-state index in [0.29, 0.717) is 0 Å². The Labute approximate surface area is 92.3 Å². The fourth-order valence-electron chi connectivity index (χ4n) is 1.38. The van der Waals surface area contributed by atoms with E-state index in [1.807, 2.05) is 24.3 Å². The van der Waals surface area contributed by atoms with Crippen molar-refractivity contribution in [2.45, 2.75) is 0 Å². The minimum Gasteiger partial charge on any atom is -0.497 e. The number of aromatic amines is 1. The van der Waals surface area contributed by atoms with Crippen molar-refractivity contribution in [1.82, 2.24) is 9.97 Å². The number of carbonyl (C=O) groups excluding carboxylic acids is 1. The van der Waals surface area contributed by atoms with Gasteiger partial charge in [0.25, 0.3) is 5.91 Å². The summed E-state index contributed by atoms with van der Waals surface area (Å²) < 4.78 is 5.10. The third-order valence-electron chi connectivity index (χ3n) is 2.19. The fourth-order valence-corrected chi connectivity index (χ4v) is 1.38. The smallest absolute Gasteiger partial charge is 0.284 e. The van der Waals surface area contributed by atoms with E-state index in [1.165, 1.54) is 0 Å². The van der Waals surface area contributed by atoms with Crippen LogP contribution in [-0.4, -0.2) is 23.0 Å². The first-order chi connectivity index (χ1) is 7.70. The molecule has 0 aliphatic heterocycles. The van der Waals surface area contributed by atoms with Crippen LogP contribution in [0.3, 0.4) is 0 Å². The van der Waals surface area contributed by atoms with E-state index in [1.54, 1.807) is 13.3 Å². The number of benzene rings is 1. The summed E-state index contributed by atoms with van der Waals surface area (Å²) in [7, 11) is 1.60. The van der Waals surface area contributed by atoms with Gasteiger partial charge in [-0.2, -0.15) is 0 Å². The summed E-state index contributed by atoms with van der Waals surface area (Å²) in [4.78, 5) is 17.6. The highest BCUT2D eigenvalue weighted by atomic mass is 16.5. The van der Waals surface area contributed by atoms with Crippen molar-refractivity contribution in [2.75, 3.05) is 7.11 Å². The molecule has 0 fully saturated rings. The second kappa shape index (κ2) is 4.06. The number of hydrogen-bond acceptors (Lipinski definition) is 3. The van der Waals surface area contributed by atoms with E-state index in [-0.39, 0.29) is 5.82 Å². The van der Waals surface area contributed by atoms with Crippen LogP contribution in [0.25, 0.3) is 11.3 Å². The Kier molecular flexibility index (Phi) is 2.59. The monoisotopic (exact) mass is 217 g/mol. The highest BCUT2D eigenvalue weighted by molar-refractivity contribution is 5.89. The molecule has 5 heteroatoms. The summed E-state index contributed by atoms with van der Waals surface area (Å²) in [5, 5.41) is 0. The number of aromatic nitrogens is 2. The van der Waals surface area contributed by atoms with Crippen molar-refractivity contribution in [3.63, 3.8) is 0 Å². The average Bonchev–Trinajstić information content (AvgIpc) is 2.78. The topological polar surface area (TPSA) is 81.0 Å². The Balaban J connectivity index is 2.38. The second-order valence-corrected chi connectivity index (χ2v) is 3.24. The molecule has 2 rings (SSSR count). The van der Waals surface area contributed by atoms with Crippen LogP contribution in [0.1, 0.15) is 10.6 Å². The van der Waals surface area contributed by atoms with E-state index in [0.717, 1.165) is 17.0 Å². The minimum atomic E-state index is -0.575. The normalized spacial score (nSPS) is 10.1. The molecule has 2 aromatic rings. The van der Waals surface area contributed by atoms with Gasteiger partial charge in [-0.3, -0.25) is 4.79 Å². The molecular formula is C11H11N3O2. The van der Waals surface area contributed by atoms with E-state index in [4.69, 9.17) is 10.5 Å². The lowest BCUT2D eigenvalue weighted by atomic mass is 10.1. The summed E-state index contributed by atoms with van der Waals surface area (Å²) in [6.45, 7) is 0. The van der Waals surface area contributed by atoms with Gasteiger partial charge >= 0.3 is 0 Å². The van der Waals surface area contributed by atoms with Crippen molar-refractivity contribution < 1.29 is 9.53 Å². The number of imidazole rings is 1. The van der Waals surface area contributed by atoms with E-state index in [2.05, 4.69) is 9.97 Å². The highest BCUT2D eigenvalue weighted by Gasteiger charge is 2.07. The molecule has 0 aliphatic rings. The van der Waals surface area contributed by atoms with Crippen molar-refractivity contribution in [3.05, 3.63) is 36.3 Å². The van der Waals surface area contributed by atoms with Crippen LogP contribution < -0.4 is 10.5 Å². The third-order valence-corrected chi connectivity index (χ3v) is 2.19. The molecule has 0 atom stereocenters. The van der Waals surface area contributed by atoms with Crippen LogP contribution in [0.2, 0.25) is 0 Å². The average molecular weight is 217 g/mol. The number of rotatable bonds is 3. The first-order valence-corrected chi connectivity index (χ1v) is 4.70. The van der Waals surface area contributed by atoms with Gasteiger partial charge in [0.1, 0.15) is 5.75 Å². The molecule has 1 amide bonds. The van der Waals surface area contributed by atoms with Gasteiger partial charge in [0.15, 0.2) is 5.82 Å². The van der Waals surface area contributed by atoms with Crippen molar-refractivity contribution in [3.8, 4) is 17.0 Å². The fraction of sp³-hybridized carbons (Fsp3) is 0.0909. The van der Waals surface area contributed by atoms with Gasteiger partial charge < -0.3 is 15.5 Å². The van der Waals surface area contributed by atoms with Gasteiger partial charge in [0.05, 0.1) is 19.0 Å². The molecule has 1 aromatic heterocycles. The number of methoxy groups -OCH3 is 1. The molecule has 1 aromatic carbocycles. The third kappa shape index (κ3) is 1.88. The van der Waals surface area contributed by atoms with Crippen LogP contribution in [0.15, 0.2) is 30.5 Å². The Hall–Kier alpha value is -2.30. The molecule has 0 aliphatic carbocycles. The maximum absolute atomic E-state index is 10.9. The Morgan fingerprint density at radius 1 is 1.50 bits per heavy atom. The molecule has 82 valence electrons. The van der Waals surface area contributed by atoms with Gasteiger partial charge in [-0.25, -0.2) is 4.98 Å². The molecule has 0 radical (unpaired) electrons. The second-order valence-electron chi connectivity index (χ2n) is 3.24. The molecule has 1 heterocycles. The summed E-state index contributed by atoms with van der Waals surface area (Å²) in [5.74, 6) is 0.319. The quantitative estimate of drug-likeness (QED) is 0.810. The number of nitrogens with two attached hydrogens (primary N) is 1. The maximum atomic E-state index is 10.9. The number of hydrogen-bond donors (Lipinski definition) is 2. The summed E-state index contributed by atoms with van der Waals surface area (Å²) in [5.41, 5.74) is 6.72. The Morgan fingerprint density at radius 2 is 2.31 bits per heavy atom. The Bertz CT molecular complexity index is 519. The number of H-pyrrole nitrogens is 1. The van der Waals surface area contributed by atoms with Gasteiger partial charge in [-0.05, 0) is 12.1 Å². The van der Waals surface area contributed by atoms with Gasteiger partial charge in [-0.1, -0.05) is 12.1 Å². The summed E-state index contributed by atoms with van der Waals surface area (Å²) in [6.07, 6.45) is 1.56. The number of nitrogens with zero attached hydrogens (tertiary/aromatic N) is 1. The standard InChI is InChI=1S/C11H11N3O2/c1-16-8-4-2-3-7(5-8)9-6-13-11(14-9)10(12)15/h2-6H,1H3,(H2,12,15)(H,13,14). The highest BCUT2D eigenvalue weighted by Crippen LogP contribution is 2.21. The first-order valence-electron chi connectivity index (χ1n) is 4.70. The van der Waals surface area contributed by atoms with E-state index < -0.39 is 5.91 Å². The van der Waals surface area contributed by atoms with Crippen LogP contribution >= 0.6 is 0 Å². The molecule has 0 spiro atoms. The lowest BCUT2D eigenvalue weighted by Gasteiger charge is -2.01. The van der Waals surface area contributed by atoms with Crippen LogP contribution in [0, 0.1) is 0 Å². The van der Waals surface area contributed by atoms with Crippen LogP contribution in [0.5, 0.6) is 5.75 Å². The van der Waals surface area contributed by atoms with Gasteiger partial charge in [-0.15, -0.1) is 0 Å². The van der Waals surface area contributed by atoms with E-state index in [9.17, 15) is 4.79 Å². The molecule has 16 heavy (non-hydrogen) atoms. The predicted octanol–water partition coefficient (Wildman–Crippen LogP) is 1.18. The largest absolute Gasteiger partial charge is 0.497 e. The van der Waals surface area contributed by atoms with E-state index >= 15 is 0 Å². The number of carbonyl (C=O) groups is 1.